The monoisotopic (exact) mass is 345 g/mol. The lowest BCUT2D eigenvalue weighted by Gasteiger charge is -2.11. The summed E-state index contributed by atoms with van der Waals surface area (Å²) in [5.41, 5.74) is 6.12. The smallest absolute Gasteiger partial charge is 0.409 e. The fourth-order valence-corrected chi connectivity index (χ4v) is 3.54. The highest BCUT2D eigenvalue weighted by atomic mass is 32.2. The van der Waals surface area contributed by atoms with Crippen molar-refractivity contribution in [2.75, 3.05) is 6.61 Å². The average Bonchev–Trinajstić information content (AvgIpc) is 2.54. The number of nitrogens with two attached hydrogens (primary N) is 1. The van der Waals surface area contributed by atoms with Crippen LogP contribution in [0.2, 0.25) is 0 Å². The van der Waals surface area contributed by atoms with Crippen LogP contribution in [0, 0.1) is 18.8 Å². The third-order valence-electron chi connectivity index (χ3n) is 3.06. The minimum absolute atomic E-state index is 0.00726. The predicted octanol–water partition coefficient (Wildman–Crippen LogP) is 1.63. The number of hydrogen-bond donors (Lipinski definition) is 2. The van der Waals surface area contributed by atoms with Crippen molar-refractivity contribution in [3.8, 4) is 17.6 Å². The number of carbonyl (C=O) groups is 1. The SMILES string of the molecule is Cc1ccc(OC(N)=O)c(S(=O)(=O)c2cccc(C#CCO)c2)c1. The molecule has 6 nitrogen and oxygen atoms in total. The summed E-state index contributed by atoms with van der Waals surface area (Å²) in [6.45, 7) is 1.39. The molecule has 0 saturated heterocycles. The van der Waals surface area contributed by atoms with Crippen molar-refractivity contribution in [1.82, 2.24) is 0 Å². The molecular formula is C17H15NO5S. The maximum Gasteiger partial charge on any atom is 0.410 e. The Labute approximate surface area is 139 Å². The van der Waals surface area contributed by atoms with E-state index in [0.29, 0.717) is 11.1 Å². The zero-order valence-corrected chi connectivity index (χ0v) is 13.6. The molecule has 0 aliphatic heterocycles. The summed E-state index contributed by atoms with van der Waals surface area (Å²) in [6, 6.07) is 10.4. The highest BCUT2D eigenvalue weighted by Gasteiger charge is 2.23. The lowest BCUT2D eigenvalue weighted by molar-refractivity contribution is 0.209. The molecular weight excluding hydrogens is 330 g/mol. The second-order valence-electron chi connectivity index (χ2n) is 4.86. The van der Waals surface area contributed by atoms with Gasteiger partial charge in [0.05, 0.1) is 4.90 Å². The van der Waals surface area contributed by atoms with Crippen molar-refractivity contribution in [3.63, 3.8) is 0 Å². The van der Waals surface area contributed by atoms with Crippen LogP contribution in [-0.4, -0.2) is 26.2 Å². The first kappa shape index (κ1) is 17.5. The van der Waals surface area contributed by atoms with Crippen LogP contribution < -0.4 is 10.5 Å². The quantitative estimate of drug-likeness (QED) is 0.822. The van der Waals surface area contributed by atoms with E-state index >= 15 is 0 Å². The fraction of sp³-hybridized carbons (Fsp3) is 0.118. The molecule has 3 N–H and O–H groups in total. The van der Waals surface area contributed by atoms with Gasteiger partial charge in [0.15, 0.2) is 5.75 Å². The molecule has 2 aromatic rings. The van der Waals surface area contributed by atoms with Crippen molar-refractivity contribution in [3.05, 3.63) is 53.6 Å². The van der Waals surface area contributed by atoms with E-state index in [4.69, 9.17) is 15.6 Å². The van der Waals surface area contributed by atoms with E-state index in [1.807, 2.05) is 0 Å². The number of sulfone groups is 1. The van der Waals surface area contributed by atoms with Gasteiger partial charge in [-0.05, 0) is 42.8 Å². The molecule has 124 valence electrons. The van der Waals surface area contributed by atoms with Gasteiger partial charge in [0.2, 0.25) is 9.84 Å². The summed E-state index contributed by atoms with van der Waals surface area (Å²) in [6.07, 6.45) is -1.10. The van der Waals surface area contributed by atoms with E-state index in [0.717, 1.165) is 0 Å². The van der Waals surface area contributed by atoms with Crippen molar-refractivity contribution in [2.24, 2.45) is 5.73 Å². The first-order chi connectivity index (χ1) is 11.3. The number of hydrogen-bond acceptors (Lipinski definition) is 5. The van der Waals surface area contributed by atoms with E-state index in [1.165, 1.54) is 24.3 Å². The standard InChI is InChI=1S/C17H15NO5S/c1-12-7-8-15(23-17(18)20)16(10-12)24(21,22)14-6-2-4-13(11-14)5-3-9-19/h2,4,6-8,10-11,19H,9H2,1H3,(H2,18,20). The van der Waals surface area contributed by atoms with Gasteiger partial charge in [-0.1, -0.05) is 24.0 Å². The number of aliphatic hydroxyl groups excluding tert-OH is 1. The highest BCUT2D eigenvalue weighted by Crippen LogP contribution is 2.30. The van der Waals surface area contributed by atoms with E-state index in [-0.39, 0.29) is 22.1 Å². The van der Waals surface area contributed by atoms with E-state index in [2.05, 4.69) is 11.8 Å². The molecule has 1 amide bonds. The van der Waals surface area contributed by atoms with Crippen LogP contribution in [-0.2, 0) is 9.84 Å². The third kappa shape index (κ3) is 3.93. The second-order valence-corrected chi connectivity index (χ2v) is 6.78. The molecule has 0 aliphatic rings. The number of ether oxygens (including phenoxy) is 1. The van der Waals surface area contributed by atoms with Gasteiger partial charge in [-0.15, -0.1) is 0 Å². The van der Waals surface area contributed by atoms with Crippen molar-refractivity contribution >= 4 is 15.9 Å². The second kappa shape index (κ2) is 7.17. The number of primary amides is 1. The Kier molecular flexibility index (Phi) is 5.24. The molecule has 0 aromatic heterocycles. The molecule has 0 aliphatic carbocycles. The number of rotatable bonds is 3. The van der Waals surface area contributed by atoms with E-state index in [9.17, 15) is 13.2 Å². The predicted molar refractivity (Wildman–Crippen MR) is 87.2 cm³/mol. The van der Waals surface area contributed by atoms with Gasteiger partial charge < -0.3 is 15.6 Å². The molecule has 0 spiro atoms. The Morgan fingerprint density at radius 3 is 2.67 bits per heavy atom. The molecule has 0 fully saturated rings. The number of amides is 1. The number of aliphatic hydroxyl groups is 1. The minimum Gasteiger partial charge on any atom is -0.409 e. The zero-order chi connectivity index (χ0) is 17.7. The van der Waals surface area contributed by atoms with Crippen LogP contribution in [0.15, 0.2) is 52.3 Å². The lowest BCUT2D eigenvalue weighted by atomic mass is 10.2. The van der Waals surface area contributed by atoms with Gasteiger partial charge in [-0.25, -0.2) is 13.2 Å². The van der Waals surface area contributed by atoms with Gasteiger partial charge >= 0.3 is 6.09 Å². The van der Waals surface area contributed by atoms with Gasteiger partial charge in [0.25, 0.3) is 0 Å². The van der Waals surface area contributed by atoms with Crippen LogP contribution in [0.5, 0.6) is 5.75 Å². The Balaban J connectivity index is 2.59. The normalized spacial score (nSPS) is 10.6. The molecule has 2 aromatic carbocycles. The molecule has 0 atom stereocenters. The molecule has 0 radical (unpaired) electrons. The van der Waals surface area contributed by atoms with Gasteiger partial charge in [0.1, 0.15) is 11.5 Å². The molecule has 0 saturated carbocycles. The van der Waals surface area contributed by atoms with Crippen molar-refractivity contribution in [1.29, 1.82) is 0 Å². The van der Waals surface area contributed by atoms with Crippen LogP contribution >= 0.6 is 0 Å². The Morgan fingerprint density at radius 2 is 2.00 bits per heavy atom. The maximum absolute atomic E-state index is 12.9. The first-order valence-corrected chi connectivity index (χ1v) is 8.35. The lowest BCUT2D eigenvalue weighted by Crippen LogP contribution is -2.18. The van der Waals surface area contributed by atoms with Crippen LogP contribution in [0.1, 0.15) is 11.1 Å². The van der Waals surface area contributed by atoms with Gasteiger partial charge in [-0.2, -0.15) is 0 Å². The topological polar surface area (TPSA) is 107 Å². The highest BCUT2D eigenvalue weighted by molar-refractivity contribution is 7.91. The summed E-state index contributed by atoms with van der Waals surface area (Å²) in [5.74, 6) is 4.96. The molecule has 7 heteroatoms. The Bertz CT molecular complexity index is 939. The fourth-order valence-electron chi connectivity index (χ4n) is 2.03. The summed E-state index contributed by atoms with van der Waals surface area (Å²) in [7, 11) is -3.95. The minimum atomic E-state index is -3.95. The molecule has 2 rings (SSSR count). The van der Waals surface area contributed by atoms with Crippen molar-refractivity contribution < 1.29 is 23.1 Å². The van der Waals surface area contributed by atoms with Gasteiger partial charge in [-0.3, -0.25) is 0 Å². The van der Waals surface area contributed by atoms with Crippen molar-refractivity contribution in [2.45, 2.75) is 16.7 Å². The summed E-state index contributed by atoms with van der Waals surface area (Å²) >= 11 is 0. The molecule has 24 heavy (non-hydrogen) atoms. The number of aryl methyl sites for hydroxylation is 1. The first-order valence-electron chi connectivity index (χ1n) is 6.87. The summed E-state index contributed by atoms with van der Waals surface area (Å²) in [5, 5.41) is 8.73. The largest absolute Gasteiger partial charge is 0.410 e. The molecule has 0 bridgehead atoms. The van der Waals surface area contributed by atoms with Crippen LogP contribution in [0.3, 0.4) is 0 Å². The zero-order valence-electron chi connectivity index (χ0n) is 12.8. The summed E-state index contributed by atoms with van der Waals surface area (Å²) in [4.78, 5) is 10.8. The summed E-state index contributed by atoms with van der Waals surface area (Å²) < 4.78 is 30.6. The van der Waals surface area contributed by atoms with E-state index < -0.39 is 15.9 Å². The van der Waals surface area contributed by atoms with Crippen LogP contribution in [0.25, 0.3) is 0 Å². The number of carbonyl (C=O) groups excluding carboxylic acids is 1. The third-order valence-corrected chi connectivity index (χ3v) is 4.83. The Hall–Kier alpha value is -2.82. The Morgan fingerprint density at radius 1 is 1.25 bits per heavy atom. The number of benzene rings is 2. The van der Waals surface area contributed by atoms with E-state index in [1.54, 1.807) is 25.1 Å². The molecule has 0 heterocycles. The average molecular weight is 345 g/mol. The molecule has 0 unspecified atom stereocenters. The van der Waals surface area contributed by atoms with Crippen LogP contribution in [0.4, 0.5) is 4.79 Å². The van der Waals surface area contributed by atoms with Gasteiger partial charge in [0, 0.05) is 5.56 Å². The maximum atomic E-state index is 12.9.